The quantitative estimate of drug-likeness (QED) is 0.385. The fourth-order valence-corrected chi connectivity index (χ4v) is 3.21. The van der Waals surface area contributed by atoms with Crippen molar-refractivity contribution in [2.75, 3.05) is 24.2 Å². The number of fused-ring (bicyclic) bond motifs is 3. The van der Waals surface area contributed by atoms with E-state index in [0.29, 0.717) is 41.9 Å². The van der Waals surface area contributed by atoms with Crippen molar-refractivity contribution in [3.8, 4) is 5.75 Å². The van der Waals surface area contributed by atoms with E-state index < -0.39 is 6.36 Å². The van der Waals surface area contributed by atoms with E-state index in [9.17, 15) is 13.2 Å². The van der Waals surface area contributed by atoms with E-state index in [2.05, 4.69) is 25.1 Å². The van der Waals surface area contributed by atoms with E-state index in [-0.39, 0.29) is 18.3 Å². The van der Waals surface area contributed by atoms with Crippen LogP contribution in [0.4, 0.5) is 24.8 Å². The molecule has 0 fully saturated rings. The number of nitrogens with zero attached hydrogens (tertiary/aromatic N) is 4. The first-order chi connectivity index (χ1) is 14.8. The van der Waals surface area contributed by atoms with Crippen molar-refractivity contribution in [3.05, 3.63) is 53.9 Å². The zero-order valence-electron chi connectivity index (χ0n) is 16.2. The van der Waals surface area contributed by atoms with Crippen LogP contribution in [-0.2, 0) is 6.42 Å². The summed E-state index contributed by atoms with van der Waals surface area (Å²) in [7, 11) is 0. The average molecular weight is 432 g/mol. The lowest BCUT2D eigenvalue weighted by Gasteiger charge is -2.11. The smallest absolute Gasteiger partial charge is 0.406 e. The predicted molar refractivity (Wildman–Crippen MR) is 109 cm³/mol. The topological polar surface area (TPSA) is 111 Å². The number of nitrogen functional groups attached to an aromatic ring is 1. The zero-order valence-corrected chi connectivity index (χ0v) is 16.2. The first-order valence-electron chi connectivity index (χ1n) is 9.47. The SMILES string of the molecule is Nc1nc2c3ccc(NCCCO)cc3nc(Cc3ccc(OC(F)(F)F)cc3)n2n1. The summed E-state index contributed by atoms with van der Waals surface area (Å²) in [6.07, 6.45) is -3.83. The number of nitrogens with one attached hydrogen (secondary N) is 1. The number of anilines is 2. The molecule has 0 amide bonds. The molecule has 31 heavy (non-hydrogen) atoms. The number of aliphatic hydroxyl groups excluding tert-OH is 1. The summed E-state index contributed by atoms with van der Waals surface area (Å²) < 4.78 is 42.5. The summed E-state index contributed by atoms with van der Waals surface area (Å²) in [6.45, 7) is 0.705. The molecule has 0 saturated carbocycles. The fraction of sp³-hybridized carbons (Fsp3) is 0.250. The molecule has 4 aromatic rings. The van der Waals surface area contributed by atoms with Crippen LogP contribution in [0, 0.1) is 0 Å². The highest BCUT2D eigenvalue weighted by atomic mass is 19.4. The van der Waals surface area contributed by atoms with Gasteiger partial charge in [-0.05, 0) is 42.3 Å². The van der Waals surface area contributed by atoms with E-state index >= 15 is 0 Å². The highest BCUT2D eigenvalue weighted by Crippen LogP contribution is 2.25. The molecule has 2 aromatic carbocycles. The first kappa shape index (κ1) is 20.7. The molecular weight excluding hydrogens is 413 g/mol. The van der Waals surface area contributed by atoms with Gasteiger partial charge in [-0.25, -0.2) is 4.98 Å². The Morgan fingerprint density at radius 3 is 2.58 bits per heavy atom. The Morgan fingerprint density at radius 2 is 1.87 bits per heavy atom. The van der Waals surface area contributed by atoms with Crippen molar-refractivity contribution in [3.63, 3.8) is 0 Å². The molecule has 162 valence electrons. The van der Waals surface area contributed by atoms with Crippen LogP contribution >= 0.6 is 0 Å². The van der Waals surface area contributed by atoms with Crippen LogP contribution in [0.15, 0.2) is 42.5 Å². The minimum Gasteiger partial charge on any atom is -0.406 e. The molecule has 11 heteroatoms. The minimum atomic E-state index is -4.74. The lowest BCUT2D eigenvalue weighted by Crippen LogP contribution is -2.17. The molecule has 0 saturated heterocycles. The number of aliphatic hydroxyl groups is 1. The number of alkyl halides is 3. The van der Waals surface area contributed by atoms with Crippen molar-refractivity contribution >= 4 is 28.2 Å². The van der Waals surface area contributed by atoms with Crippen LogP contribution in [0.25, 0.3) is 16.6 Å². The van der Waals surface area contributed by atoms with Crippen LogP contribution in [0.5, 0.6) is 5.75 Å². The second-order valence-corrected chi connectivity index (χ2v) is 6.84. The molecule has 0 unspecified atom stereocenters. The second kappa shape index (κ2) is 8.26. The van der Waals surface area contributed by atoms with Crippen LogP contribution in [0.1, 0.15) is 17.8 Å². The number of aromatic nitrogens is 4. The van der Waals surface area contributed by atoms with Crippen LogP contribution in [-0.4, -0.2) is 44.2 Å². The summed E-state index contributed by atoms with van der Waals surface area (Å²) in [5.41, 5.74) is 8.56. The normalized spacial score (nSPS) is 11.9. The van der Waals surface area contributed by atoms with E-state index in [1.807, 2.05) is 18.2 Å². The van der Waals surface area contributed by atoms with Gasteiger partial charge in [0.2, 0.25) is 5.95 Å². The molecule has 0 atom stereocenters. The van der Waals surface area contributed by atoms with Gasteiger partial charge in [0.15, 0.2) is 5.65 Å². The monoisotopic (exact) mass is 432 g/mol. The maximum Gasteiger partial charge on any atom is 0.573 e. The molecule has 2 heterocycles. The molecule has 0 spiro atoms. The molecule has 4 rings (SSSR count). The highest BCUT2D eigenvalue weighted by Gasteiger charge is 2.31. The summed E-state index contributed by atoms with van der Waals surface area (Å²) >= 11 is 0. The van der Waals surface area contributed by atoms with Gasteiger partial charge in [0.25, 0.3) is 0 Å². The van der Waals surface area contributed by atoms with Gasteiger partial charge >= 0.3 is 6.36 Å². The van der Waals surface area contributed by atoms with Gasteiger partial charge in [-0.2, -0.15) is 9.50 Å². The third kappa shape index (κ3) is 4.77. The number of hydrogen-bond acceptors (Lipinski definition) is 7. The van der Waals surface area contributed by atoms with Gasteiger partial charge < -0.3 is 20.9 Å². The van der Waals surface area contributed by atoms with E-state index in [0.717, 1.165) is 11.1 Å². The number of benzene rings is 2. The van der Waals surface area contributed by atoms with Gasteiger partial charge in [-0.15, -0.1) is 18.3 Å². The van der Waals surface area contributed by atoms with Crippen molar-refractivity contribution in [2.24, 2.45) is 0 Å². The Hall–Kier alpha value is -3.60. The number of rotatable bonds is 7. The van der Waals surface area contributed by atoms with E-state index in [1.165, 1.54) is 28.8 Å². The summed E-state index contributed by atoms with van der Waals surface area (Å²) in [6, 6.07) is 11.2. The van der Waals surface area contributed by atoms with Gasteiger partial charge in [0, 0.05) is 30.6 Å². The lowest BCUT2D eigenvalue weighted by atomic mass is 10.1. The largest absolute Gasteiger partial charge is 0.573 e. The fourth-order valence-electron chi connectivity index (χ4n) is 3.21. The molecule has 8 nitrogen and oxygen atoms in total. The van der Waals surface area contributed by atoms with Gasteiger partial charge in [-0.3, -0.25) is 0 Å². The van der Waals surface area contributed by atoms with Crippen LogP contribution < -0.4 is 15.8 Å². The molecule has 0 bridgehead atoms. The Morgan fingerprint density at radius 1 is 1.10 bits per heavy atom. The first-order valence-corrected chi connectivity index (χ1v) is 9.47. The Labute approximate surface area is 174 Å². The molecule has 0 radical (unpaired) electrons. The Balaban J connectivity index is 1.68. The predicted octanol–water partition coefficient (Wildman–Crippen LogP) is 3.14. The van der Waals surface area contributed by atoms with E-state index in [4.69, 9.17) is 10.8 Å². The third-order valence-corrected chi connectivity index (χ3v) is 4.54. The standard InChI is InChI=1S/C20H19F3N6O2/c21-20(22,23)31-14-5-2-12(3-6-14)10-17-26-16-11-13(25-8-1-9-30)4-7-15(16)18-27-19(24)28-29(17)18/h2-7,11,25,30H,1,8-10H2,(H2,24,28). The molecule has 0 aliphatic rings. The summed E-state index contributed by atoms with van der Waals surface area (Å²) in [4.78, 5) is 8.98. The number of hydrogen-bond donors (Lipinski definition) is 3. The molecule has 0 aliphatic heterocycles. The van der Waals surface area contributed by atoms with Crippen molar-refractivity contribution < 1.29 is 23.0 Å². The minimum absolute atomic E-state index is 0.0922. The highest BCUT2D eigenvalue weighted by molar-refractivity contribution is 5.93. The number of nitrogens with two attached hydrogens (primary N) is 1. The van der Waals surface area contributed by atoms with Gasteiger partial charge in [-0.1, -0.05) is 12.1 Å². The number of ether oxygens (including phenoxy) is 1. The molecule has 4 N–H and O–H groups in total. The third-order valence-electron chi connectivity index (χ3n) is 4.54. The average Bonchev–Trinajstić information content (AvgIpc) is 3.10. The van der Waals surface area contributed by atoms with Gasteiger partial charge in [0.1, 0.15) is 11.6 Å². The van der Waals surface area contributed by atoms with Crippen LogP contribution in [0.3, 0.4) is 0 Å². The maximum absolute atomic E-state index is 12.4. The summed E-state index contributed by atoms with van der Waals surface area (Å²) in [5, 5.41) is 17.1. The lowest BCUT2D eigenvalue weighted by molar-refractivity contribution is -0.274. The Kier molecular flexibility index (Phi) is 5.51. The Bertz CT molecular complexity index is 1210. The molecular formula is C20H19F3N6O2. The second-order valence-electron chi connectivity index (χ2n) is 6.84. The molecule has 0 aliphatic carbocycles. The van der Waals surface area contributed by atoms with E-state index in [1.54, 1.807) is 0 Å². The van der Waals surface area contributed by atoms with Crippen molar-refractivity contribution in [1.29, 1.82) is 0 Å². The zero-order chi connectivity index (χ0) is 22.0. The molecule has 2 aromatic heterocycles. The van der Waals surface area contributed by atoms with Crippen LogP contribution in [0.2, 0.25) is 0 Å². The van der Waals surface area contributed by atoms with Gasteiger partial charge in [0.05, 0.1) is 5.52 Å². The maximum atomic E-state index is 12.4. The number of halogens is 3. The van der Waals surface area contributed by atoms with Crippen molar-refractivity contribution in [2.45, 2.75) is 19.2 Å². The van der Waals surface area contributed by atoms with Crippen molar-refractivity contribution in [1.82, 2.24) is 19.6 Å². The summed E-state index contributed by atoms with van der Waals surface area (Å²) in [5.74, 6) is 0.329.